The quantitative estimate of drug-likeness (QED) is 0.580. The van der Waals surface area contributed by atoms with Crippen molar-refractivity contribution >= 4 is 13.9 Å². The van der Waals surface area contributed by atoms with Crippen LogP contribution in [-0.2, 0) is 23.0 Å². The Kier molecular flexibility index (Phi) is 4.59. The molecule has 7 nitrogen and oxygen atoms in total. The van der Waals surface area contributed by atoms with Crippen molar-refractivity contribution in [2.75, 3.05) is 18.4 Å². The summed E-state index contributed by atoms with van der Waals surface area (Å²) in [6.45, 7) is -0.244. The van der Waals surface area contributed by atoms with Crippen LogP contribution in [0.5, 0.6) is 11.8 Å². The van der Waals surface area contributed by atoms with Crippen LogP contribution in [0.4, 0.5) is 23.2 Å². The topological polar surface area (TPSA) is 85.4 Å². The number of anilines is 1. The normalized spacial score (nSPS) is 19.6. The van der Waals surface area contributed by atoms with E-state index in [0.29, 0.717) is 5.56 Å². The molecule has 1 unspecified atom stereocenters. The molecule has 148 valence electrons. The molecule has 28 heavy (non-hydrogen) atoms. The molecule has 1 atom stereocenters. The molecule has 0 aromatic carbocycles. The fourth-order valence-corrected chi connectivity index (χ4v) is 3.52. The fraction of sp³-hybridized carbons (Fsp3) is 0.375. The van der Waals surface area contributed by atoms with Gasteiger partial charge >= 0.3 is 14.2 Å². The molecule has 0 saturated heterocycles. The van der Waals surface area contributed by atoms with E-state index in [1.165, 1.54) is 24.3 Å². The van der Waals surface area contributed by atoms with Crippen LogP contribution in [0, 0.1) is 0 Å². The number of alkyl halides is 4. The first-order chi connectivity index (χ1) is 13.2. The second-order valence-corrected chi connectivity index (χ2v) is 7.11. The molecule has 2 aliphatic rings. The van der Waals surface area contributed by atoms with Crippen LogP contribution in [-0.4, -0.2) is 23.1 Å². The van der Waals surface area contributed by atoms with E-state index in [1.807, 2.05) is 0 Å². The Labute approximate surface area is 157 Å². The molecule has 2 aromatic rings. The first-order valence-electron chi connectivity index (χ1n) is 8.30. The van der Waals surface area contributed by atoms with E-state index in [9.17, 15) is 22.1 Å². The summed E-state index contributed by atoms with van der Waals surface area (Å²) in [5.41, 5.74) is -0.527. The Bertz CT molecular complexity index is 871. The minimum absolute atomic E-state index is 0.101. The van der Waals surface area contributed by atoms with Gasteiger partial charge in [0.15, 0.2) is 0 Å². The van der Waals surface area contributed by atoms with Crippen molar-refractivity contribution in [1.82, 2.24) is 15.3 Å². The molecule has 0 spiro atoms. The number of pyridine rings is 2. The minimum atomic E-state index is -3.20. The Hall–Kier alpha value is -2.52. The van der Waals surface area contributed by atoms with Crippen LogP contribution in [0.3, 0.4) is 0 Å². The summed E-state index contributed by atoms with van der Waals surface area (Å²) in [4.78, 5) is 7.41. The fourth-order valence-electron chi connectivity index (χ4n) is 2.98. The predicted molar refractivity (Wildman–Crippen MR) is 89.9 cm³/mol. The summed E-state index contributed by atoms with van der Waals surface area (Å²) in [7, 11) is -2.92. The van der Waals surface area contributed by atoms with Gasteiger partial charge in [0, 0.05) is 36.2 Å². The van der Waals surface area contributed by atoms with Gasteiger partial charge in [0.2, 0.25) is 0 Å². The number of hydrogen-bond donors (Lipinski definition) is 2. The molecular weight excluding hydrogens is 403 g/mol. The smallest absolute Gasteiger partial charge is 0.383 e. The molecule has 0 fully saturated rings. The monoisotopic (exact) mass is 417 g/mol. The third-order valence-corrected chi connectivity index (χ3v) is 4.94. The lowest BCUT2D eigenvalue weighted by atomic mass is 10.0. The van der Waals surface area contributed by atoms with Gasteiger partial charge in [-0.25, -0.2) is 19.0 Å². The molecule has 4 heterocycles. The summed E-state index contributed by atoms with van der Waals surface area (Å²) in [5.74, 6) is -7.01. The van der Waals surface area contributed by atoms with Crippen LogP contribution in [0.15, 0.2) is 24.3 Å². The molecule has 0 amide bonds. The highest BCUT2D eigenvalue weighted by atomic mass is 31.1. The molecule has 0 bridgehead atoms. The van der Waals surface area contributed by atoms with Gasteiger partial charge in [-0.15, -0.1) is 0 Å². The summed E-state index contributed by atoms with van der Waals surface area (Å²) in [6, 6.07) is 5.24. The zero-order valence-electron chi connectivity index (χ0n) is 14.2. The number of rotatable bonds is 4. The van der Waals surface area contributed by atoms with E-state index in [4.69, 9.17) is 9.05 Å². The molecule has 2 aliphatic heterocycles. The van der Waals surface area contributed by atoms with E-state index in [1.54, 1.807) is 0 Å². The highest BCUT2D eigenvalue weighted by Crippen LogP contribution is 2.40. The maximum Gasteiger partial charge on any atom is 0.808 e. The summed E-state index contributed by atoms with van der Waals surface area (Å²) in [6.07, 6.45) is -0.429. The molecule has 4 rings (SSSR count). The molecule has 12 heteroatoms. The lowest BCUT2D eigenvalue weighted by molar-refractivity contribution is -0.0171. The van der Waals surface area contributed by atoms with Gasteiger partial charge in [-0.05, 0) is 11.6 Å². The van der Waals surface area contributed by atoms with Crippen molar-refractivity contribution in [3.63, 3.8) is 0 Å². The average molecular weight is 417 g/mol. The first-order valence-corrected chi connectivity index (χ1v) is 9.39. The van der Waals surface area contributed by atoms with Crippen molar-refractivity contribution in [3.8, 4) is 11.8 Å². The van der Waals surface area contributed by atoms with Crippen LogP contribution < -0.4 is 19.7 Å². The second-order valence-electron chi connectivity index (χ2n) is 6.30. The summed E-state index contributed by atoms with van der Waals surface area (Å²) < 4.78 is 77.7. The van der Waals surface area contributed by atoms with Crippen LogP contribution in [0.2, 0.25) is 0 Å². The molecule has 2 N–H and O–H groups in total. The maximum absolute atomic E-state index is 13.9. The van der Waals surface area contributed by atoms with Gasteiger partial charge in [-0.1, -0.05) is 6.07 Å². The second kappa shape index (κ2) is 6.82. The largest absolute Gasteiger partial charge is 0.808 e. The van der Waals surface area contributed by atoms with Crippen LogP contribution in [0.1, 0.15) is 23.4 Å². The Morgan fingerprint density at radius 1 is 0.964 bits per heavy atom. The summed E-state index contributed by atoms with van der Waals surface area (Å²) >= 11 is 0. The first kappa shape index (κ1) is 18.8. The maximum atomic E-state index is 13.9. The zero-order valence-corrected chi connectivity index (χ0v) is 15.1. The number of nitrogens with one attached hydrogen (secondary N) is 2. The van der Waals surface area contributed by atoms with Crippen molar-refractivity contribution in [3.05, 3.63) is 41.2 Å². The molecule has 0 aliphatic carbocycles. The number of fused-ring (bicyclic) bond motifs is 2. The van der Waals surface area contributed by atoms with Crippen molar-refractivity contribution < 1.29 is 31.2 Å². The van der Waals surface area contributed by atoms with Gasteiger partial charge in [0.05, 0.1) is 12.2 Å². The number of hydrogen-bond acceptors (Lipinski definition) is 7. The van der Waals surface area contributed by atoms with Gasteiger partial charge in [0.1, 0.15) is 11.4 Å². The van der Waals surface area contributed by atoms with Gasteiger partial charge in [-0.3, -0.25) is 0 Å². The molecular formula is C16H14F4N4O3P+. The van der Waals surface area contributed by atoms with E-state index < -0.39 is 44.5 Å². The highest BCUT2D eigenvalue weighted by molar-refractivity contribution is 7.34. The minimum Gasteiger partial charge on any atom is -0.383 e. The SMILES string of the molecule is O=[P+](Oc1ccc2c(n1)C(F)(F)CNC2)Oc1ccc2c(n1)C(F)(F)CCN2. The van der Waals surface area contributed by atoms with Gasteiger partial charge < -0.3 is 10.6 Å². The number of aromatic nitrogens is 2. The molecule has 2 aromatic heterocycles. The standard InChI is InChI=1S/C16H14F4N4O3P/c17-15(18)5-6-22-10-2-4-12(24-14(10)15)27-28(25)26-11-3-1-9-7-21-8-16(19,20)13(9)23-11/h1-4,21-22H,5-8H2/q+1. The Morgan fingerprint density at radius 3 is 2.39 bits per heavy atom. The molecule has 0 radical (unpaired) electrons. The average Bonchev–Trinajstić information content (AvgIpc) is 2.62. The van der Waals surface area contributed by atoms with Gasteiger partial charge in [0.25, 0.3) is 17.7 Å². The van der Waals surface area contributed by atoms with Crippen LogP contribution in [0.25, 0.3) is 0 Å². The van der Waals surface area contributed by atoms with Gasteiger partial charge in [-0.2, -0.15) is 17.6 Å². The van der Waals surface area contributed by atoms with E-state index in [2.05, 4.69) is 20.6 Å². The lowest BCUT2D eigenvalue weighted by Gasteiger charge is -2.24. The Balaban J connectivity index is 1.50. The van der Waals surface area contributed by atoms with Crippen molar-refractivity contribution in [2.45, 2.75) is 24.8 Å². The lowest BCUT2D eigenvalue weighted by Crippen LogP contribution is -2.37. The molecule has 0 saturated carbocycles. The third-order valence-electron chi connectivity index (χ3n) is 4.27. The number of nitrogens with zero attached hydrogens (tertiary/aromatic N) is 2. The highest BCUT2D eigenvalue weighted by Gasteiger charge is 2.41. The number of halogens is 4. The van der Waals surface area contributed by atoms with Crippen LogP contribution >= 0.6 is 8.25 Å². The summed E-state index contributed by atoms with van der Waals surface area (Å²) in [5, 5.41) is 5.35. The van der Waals surface area contributed by atoms with Crippen molar-refractivity contribution in [1.29, 1.82) is 0 Å². The van der Waals surface area contributed by atoms with E-state index in [-0.39, 0.29) is 30.5 Å². The third kappa shape index (κ3) is 3.59. The van der Waals surface area contributed by atoms with E-state index in [0.717, 1.165) is 0 Å². The predicted octanol–water partition coefficient (Wildman–Crippen LogP) is 3.69. The van der Waals surface area contributed by atoms with E-state index >= 15 is 0 Å². The van der Waals surface area contributed by atoms with Crippen molar-refractivity contribution in [2.24, 2.45) is 0 Å². The zero-order chi connectivity index (χ0) is 19.9. The Morgan fingerprint density at radius 2 is 1.64 bits per heavy atom.